The van der Waals surface area contributed by atoms with Gasteiger partial charge in [-0.05, 0) is 35.4 Å². The van der Waals surface area contributed by atoms with Gasteiger partial charge in [0.15, 0.2) is 0 Å². The molecule has 0 radical (unpaired) electrons. The third kappa shape index (κ3) is 4.57. The van der Waals surface area contributed by atoms with E-state index in [0.717, 1.165) is 11.1 Å². The number of nitrogens with zero attached hydrogens (tertiary/aromatic N) is 2. The van der Waals surface area contributed by atoms with E-state index in [2.05, 4.69) is 0 Å². The lowest BCUT2D eigenvalue weighted by Crippen LogP contribution is -2.41. The summed E-state index contributed by atoms with van der Waals surface area (Å²) in [6.45, 7) is 0. The minimum absolute atomic E-state index is 0.181. The Morgan fingerprint density at radius 2 is 1.70 bits per heavy atom. The predicted molar refractivity (Wildman–Crippen MR) is 111 cm³/mol. The van der Waals surface area contributed by atoms with Gasteiger partial charge in [-0.2, -0.15) is 0 Å². The van der Waals surface area contributed by atoms with E-state index in [1.54, 1.807) is 50.6 Å². The van der Waals surface area contributed by atoms with Crippen LogP contribution in [-0.2, 0) is 20.8 Å². The fourth-order valence-electron chi connectivity index (χ4n) is 3.67. The van der Waals surface area contributed by atoms with Gasteiger partial charge in [-0.15, -0.1) is 0 Å². The molecule has 1 fully saturated rings. The van der Waals surface area contributed by atoms with Crippen molar-refractivity contribution in [2.75, 3.05) is 14.2 Å². The maximum atomic E-state index is 13.1. The van der Waals surface area contributed by atoms with E-state index < -0.39 is 18.2 Å². The summed E-state index contributed by atoms with van der Waals surface area (Å²) in [7, 11) is 3.22. The van der Waals surface area contributed by atoms with Crippen LogP contribution in [0.5, 0.6) is 5.75 Å². The standard InChI is InChI=1S/C22H23ClN2O5/c1-24-21(15-5-7-16(23)8-6-15)25(19(26)11-12-20(27)28)18(22(24)29)13-14-3-9-17(30-2)10-4-14/h3-10,18,21H,11-13H2,1-2H3,(H,27,28). The molecule has 2 atom stereocenters. The maximum absolute atomic E-state index is 13.1. The van der Waals surface area contributed by atoms with Crippen molar-refractivity contribution in [3.8, 4) is 5.75 Å². The first kappa shape index (κ1) is 21.6. The number of hydrogen-bond acceptors (Lipinski definition) is 4. The summed E-state index contributed by atoms with van der Waals surface area (Å²) in [4.78, 5) is 40.1. The normalized spacial score (nSPS) is 18.6. The number of carboxylic acid groups (broad SMARTS) is 1. The number of carbonyl (C=O) groups excluding carboxylic acids is 2. The molecule has 3 rings (SSSR count). The molecular weight excluding hydrogens is 408 g/mol. The van der Waals surface area contributed by atoms with Crippen molar-refractivity contribution in [2.45, 2.75) is 31.5 Å². The first-order chi connectivity index (χ1) is 14.3. The lowest BCUT2D eigenvalue weighted by molar-refractivity contribution is -0.142. The van der Waals surface area contributed by atoms with Crippen molar-refractivity contribution in [3.05, 3.63) is 64.7 Å². The third-order valence-electron chi connectivity index (χ3n) is 5.20. The van der Waals surface area contributed by atoms with Crippen LogP contribution in [0.15, 0.2) is 48.5 Å². The Bertz CT molecular complexity index is 930. The van der Waals surface area contributed by atoms with Crippen LogP contribution in [0, 0.1) is 0 Å². The van der Waals surface area contributed by atoms with Crippen LogP contribution in [0.3, 0.4) is 0 Å². The molecule has 30 heavy (non-hydrogen) atoms. The molecule has 1 saturated heterocycles. The molecule has 0 bridgehead atoms. The van der Waals surface area contributed by atoms with Gasteiger partial charge in [-0.1, -0.05) is 35.9 Å². The van der Waals surface area contributed by atoms with Crippen molar-refractivity contribution in [1.82, 2.24) is 9.80 Å². The molecule has 2 unspecified atom stereocenters. The summed E-state index contributed by atoms with van der Waals surface area (Å²) in [5.74, 6) is -0.943. The lowest BCUT2D eigenvalue weighted by atomic mass is 10.0. The van der Waals surface area contributed by atoms with Gasteiger partial charge in [-0.3, -0.25) is 14.4 Å². The van der Waals surface area contributed by atoms with Crippen molar-refractivity contribution in [1.29, 1.82) is 0 Å². The molecule has 1 aliphatic heterocycles. The van der Waals surface area contributed by atoms with Crippen LogP contribution in [0.2, 0.25) is 5.02 Å². The van der Waals surface area contributed by atoms with Gasteiger partial charge >= 0.3 is 5.97 Å². The van der Waals surface area contributed by atoms with Crippen LogP contribution < -0.4 is 4.74 Å². The van der Waals surface area contributed by atoms with Gasteiger partial charge in [0.1, 0.15) is 18.0 Å². The monoisotopic (exact) mass is 430 g/mol. The number of carbonyl (C=O) groups is 3. The van der Waals surface area contributed by atoms with Gasteiger partial charge in [0.25, 0.3) is 0 Å². The highest BCUT2D eigenvalue weighted by molar-refractivity contribution is 6.30. The van der Waals surface area contributed by atoms with Gasteiger partial charge in [0.2, 0.25) is 11.8 Å². The number of halogens is 1. The summed E-state index contributed by atoms with van der Waals surface area (Å²) in [5.41, 5.74) is 1.60. The van der Waals surface area contributed by atoms with Gasteiger partial charge < -0.3 is 19.6 Å². The topological polar surface area (TPSA) is 87.2 Å². The fraction of sp³-hybridized carbons (Fsp3) is 0.318. The number of carboxylic acids is 1. The molecule has 8 heteroatoms. The van der Waals surface area contributed by atoms with E-state index in [4.69, 9.17) is 21.4 Å². The Labute approximate surface area is 179 Å². The predicted octanol–water partition coefficient (Wildman–Crippen LogP) is 3.12. The number of amides is 2. The molecule has 0 saturated carbocycles. The lowest BCUT2D eigenvalue weighted by Gasteiger charge is -2.30. The molecular formula is C22H23ClN2O5. The Morgan fingerprint density at radius 3 is 2.27 bits per heavy atom. The Morgan fingerprint density at radius 1 is 1.07 bits per heavy atom. The van der Waals surface area contributed by atoms with E-state index in [9.17, 15) is 14.4 Å². The Hall–Kier alpha value is -3.06. The maximum Gasteiger partial charge on any atom is 0.303 e. The number of ether oxygens (including phenoxy) is 1. The number of hydrogen-bond donors (Lipinski definition) is 1. The van der Waals surface area contributed by atoms with Gasteiger partial charge in [-0.25, -0.2) is 0 Å². The molecule has 1 N–H and O–H groups in total. The molecule has 7 nitrogen and oxygen atoms in total. The van der Waals surface area contributed by atoms with Gasteiger partial charge in [0, 0.05) is 24.9 Å². The summed E-state index contributed by atoms with van der Waals surface area (Å²) < 4.78 is 5.17. The van der Waals surface area contributed by atoms with Crippen molar-refractivity contribution >= 4 is 29.4 Å². The first-order valence-electron chi connectivity index (χ1n) is 9.50. The van der Waals surface area contributed by atoms with Crippen LogP contribution >= 0.6 is 11.6 Å². The molecule has 2 amide bonds. The average Bonchev–Trinajstić information content (AvgIpc) is 2.98. The van der Waals surface area contributed by atoms with Crippen molar-refractivity contribution in [3.63, 3.8) is 0 Å². The highest BCUT2D eigenvalue weighted by Gasteiger charge is 2.47. The zero-order chi connectivity index (χ0) is 21.8. The molecule has 1 aliphatic rings. The van der Waals surface area contributed by atoms with Crippen molar-refractivity contribution < 1.29 is 24.2 Å². The fourth-order valence-corrected chi connectivity index (χ4v) is 3.80. The second-order valence-corrected chi connectivity index (χ2v) is 7.57. The molecule has 0 spiro atoms. The molecule has 1 heterocycles. The Kier molecular flexibility index (Phi) is 6.62. The van der Waals surface area contributed by atoms with E-state index in [1.165, 1.54) is 9.80 Å². The largest absolute Gasteiger partial charge is 0.497 e. The molecule has 158 valence electrons. The number of likely N-dealkylation sites (N-methyl/N-ethyl adjacent to an activating group) is 1. The number of benzene rings is 2. The van der Waals surface area contributed by atoms with Crippen LogP contribution in [-0.4, -0.2) is 52.9 Å². The van der Waals surface area contributed by atoms with Crippen molar-refractivity contribution in [2.24, 2.45) is 0 Å². The Balaban J connectivity index is 1.94. The highest BCUT2D eigenvalue weighted by atomic mass is 35.5. The highest BCUT2D eigenvalue weighted by Crippen LogP contribution is 2.36. The number of aliphatic carboxylic acids is 1. The quantitative estimate of drug-likeness (QED) is 0.729. The van der Waals surface area contributed by atoms with Gasteiger partial charge in [0.05, 0.1) is 13.5 Å². The van der Waals surface area contributed by atoms with E-state index >= 15 is 0 Å². The summed E-state index contributed by atoms with van der Waals surface area (Å²) in [6.07, 6.45) is -0.787. The van der Waals surface area contributed by atoms with Crippen LogP contribution in [0.25, 0.3) is 0 Å². The second kappa shape index (κ2) is 9.17. The minimum atomic E-state index is -1.06. The smallest absolute Gasteiger partial charge is 0.303 e. The number of rotatable bonds is 7. The van der Waals surface area contributed by atoms with Crippen LogP contribution in [0.1, 0.15) is 30.1 Å². The second-order valence-electron chi connectivity index (χ2n) is 7.14. The minimum Gasteiger partial charge on any atom is -0.497 e. The molecule has 2 aromatic rings. The molecule has 2 aromatic carbocycles. The van der Waals surface area contributed by atoms with E-state index in [-0.39, 0.29) is 24.7 Å². The van der Waals surface area contributed by atoms with E-state index in [1.807, 2.05) is 12.1 Å². The number of methoxy groups -OCH3 is 1. The summed E-state index contributed by atoms with van der Waals surface area (Å²) in [5, 5.41) is 9.54. The SMILES string of the molecule is COc1ccc(CC2C(=O)N(C)C(c3ccc(Cl)cc3)N2C(=O)CCC(=O)O)cc1. The summed E-state index contributed by atoms with van der Waals surface area (Å²) >= 11 is 5.99. The summed E-state index contributed by atoms with van der Waals surface area (Å²) in [6, 6.07) is 13.5. The first-order valence-corrected chi connectivity index (χ1v) is 9.87. The third-order valence-corrected chi connectivity index (χ3v) is 5.45. The zero-order valence-corrected chi connectivity index (χ0v) is 17.5. The van der Waals surface area contributed by atoms with E-state index in [0.29, 0.717) is 17.2 Å². The average molecular weight is 431 g/mol. The van der Waals surface area contributed by atoms with Crippen LogP contribution in [0.4, 0.5) is 0 Å². The molecule has 0 aliphatic carbocycles. The zero-order valence-electron chi connectivity index (χ0n) is 16.7. The molecule has 0 aromatic heterocycles.